The van der Waals surface area contributed by atoms with E-state index >= 15 is 0 Å². The van der Waals surface area contributed by atoms with E-state index in [0.717, 1.165) is 11.8 Å². The van der Waals surface area contributed by atoms with Crippen LogP contribution in [-0.4, -0.2) is 59.1 Å². The lowest BCUT2D eigenvalue weighted by atomic mass is 10.1. The molecule has 13 heteroatoms. The maximum absolute atomic E-state index is 13.7. The predicted molar refractivity (Wildman–Crippen MR) is 145 cm³/mol. The number of nitrogens with one attached hydrogen (secondary N) is 3. The average Bonchev–Trinajstić information content (AvgIpc) is 2.93. The van der Waals surface area contributed by atoms with Gasteiger partial charge < -0.3 is 25.8 Å². The molecule has 3 N–H and O–H groups in total. The van der Waals surface area contributed by atoms with Crippen molar-refractivity contribution in [3.63, 3.8) is 0 Å². The Morgan fingerprint density at radius 2 is 1.75 bits per heavy atom. The first-order valence-corrected chi connectivity index (χ1v) is 12.2. The lowest BCUT2D eigenvalue weighted by Gasteiger charge is -2.35. The number of piperazine rings is 1. The molecule has 0 atom stereocenters. The highest BCUT2D eigenvalue weighted by Gasteiger charge is 2.35. The minimum Gasteiger partial charge on any atom is -0.368 e. The number of carbonyl (C=O) groups excluding carboxylic acids is 3. The third-order valence-electron chi connectivity index (χ3n) is 6.17. The Morgan fingerprint density at radius 1 is 1.02 bits per heavy atom. The Labute approximate surface area is 227 Å². The van der Waals surface area contributed by atoms with Crippen LogP contribution < -0.4 is 20.9 Å². The number of aldehydes is 1. The van der Waals surface area contributed by atoms with E-state index in [4.69, 9.17) is 0 Å². The van der Waals surface area contributed by atoms with Crippen molar-refractivity contribution in [1.29, 1.82) is 0 Å². The van der Waals surface area contributed by atoms with Gasteiger partial charge in [-0.15, -0.1) is 0 Å². The van der Waals surface area contributed by atoms with Crippen LogP contribution in [0.25, 0.3) is 0 Å². The SMILES string of the molecule is C=CC(=O)Nc1cccc(Nc2nc(Nc3ccc(N4CCN(C(C)=O)CC4)cc3C=O)ncc2C(F)(F)F)c1. The number of alkyl halides is 3. The molecule has 1 aromatic heterocycles. The molecule has 2 amide bonds. The quantitative estimate of drug-likeness (QED) is 0.274. The van der Waals surface area contributed by atoms with Gasteiger partial charge in [-0.1, -0.05) is 12.6 Å². The Kier molecular flexibility index (Phi) is 8.31. The number of halogens is 3. The van der Waals surface area contributed by atoms with E-state index in [9.17, 15) is 27.6 Å². The van der Waals surface area contributed by atoms with Crippen LogP contribution in [0.15, 0.2) is 61.3 Å². The van der Waals surface area contributed by atoms with E-state index in [0.29, 0.717) is 50.0 Å². The number of hydrogen-bond acceptors (Lipinski definition) is 8. The van der Waals surface area contributed by atoms with Crippen molar-refractivity contribution in [2.24, 2.45) is 0 Å². The van der Waals surface area contributed by atoms with Crippen molar-refractivity contribution < 1.29 is 27.6 Å². The Hall–Kier alpha value is -4.94. The minimum atomic E-state index is -4.75. The van der Waals surface area contributed by atoms with Crippen molar-refractivity contribution in [3.8, 4) is 0 Å². The maximum Gasteiger partial charge on any atom is 0.421 e. The summed E-state index contributed by atoms with van der Waals surface area (Å²) in [7, 11) is 0. The van der Waals surface area contributed by atoms with E-state index in [-0.39, 0.29) is 23.1 Å². The third-order valence-corrected chi connectivity index (χ3v) is 6.17. The monoisotopic (exact) mass is 553 g/mol. The summed E-state index contributed by atoms with van der Waals surface area (Å²) in [6, 6.07) is 11.1. The molecule has 10 nitrogen and oxygen atoms in total. The highest BCUT2D eigenvalue weighted by Crippen LogP contribution is 2.36. The largest absolute Gasteiger partial charge is 0.421 e. The second-order valence-corrected chi connectivity index (χ2v) is 8.86. The van der Waals surface area contributed by atoms with Crippen LogP contribution in [0.4, 0.5) is 47.7 Å². The second kappa shape index (κ2) is 11.8. The van der Waals surface area contributed by atoms with Gasteiger partial charge in [0.1, 0.15) is 11.4 Å². The average molecular weight is 554 g/mol. The first-order chi connectivity index (χ1) is 19.1. The molecule has 208 valence electrons. The molecule has 0 radical (unpaired) electrons. The standard InChI is InChI=1S/C27H26F3N7O3/c1-3-24(40)32-19-5-4-6-20(14-19)33-25-22(27(28,29)30)15-31-26(35-25)34-23-8-7-21(13-18(23)16-38)37-11-9-36(10-12-37)17(2)39/h3-8,13-16H,1,9-12H2,2H3,(H,32,40)(H2,31,33,34,35). The summed E-state index contributed by atoms with van der Waals surface area (Å²) in [5, 5.41) is 8.00. The number of carbonyl (C=O) groups is 3. The fourth-order valence-corrected chi connectivity index (χ4v) is 4.11. The van der Waals surface area contributed by atoms with E-state index in [1.54, 1.807) is 35.2 Å². The summed E-state index contributed by atoms with van der Waals surface area (Å²) in [5.41, 5.74) is 0.814. The van der Waals surface area contributed by atoms with Crippen LogP contribution in [-0.2, 0) is 15.8 Å². The Balaban J connectivity index is 1.57. The van der Waals surface area contributed by atoms with Crippen molar-refractivity contribution >= 4 is 52.6 Å². The summed E-state index contributed by atoms with van der Waals surface area (Å²) in [5.74, 6) is -1.16. The third kappa shape index (κ3) is 6.73. The van der Waals surface area contributed by atoms with Gasteiger partial charge in [0.25, 0.3) is 0 Å². The zero-order valence-electron chi connectivity index (χ0n) is 21.5. The van der Waals surface area contributed by atoms with E-state index in [1.165, 1.54) is 19.1 Å². The molecular formula is C27H26F3N7O3. The molecule has 3 aromatic rings. The molecule has 40 heavy (non-hydrogen) atoms. The molecule has 2 heterocycles. The molecule has 1 saturated heterocycles. The number of nitrogens with zero attached hydrogens (tertiary/aromatic N) is 4. The van der Waals surface area contributed by atoms with E-state index in [2.05, 4.69) is 32.5 Å². The molecule has 0 bridgehead atoms. The summed E-state index contributed by atoms with van der Waals surface area (Å²) in [4.78, 5) is 46.7. The van der Waals surface area contributed by atoms with Crippen LogP contribution in [0.1, 0.15) is 22.8 Å². The number of amides is 2. The zero-order valence-corrected chi connectivity index (χ0v) is 21.5. The minimum absolute atomic E-state index is 0.00495. The summed E-state index contributed by atoms with van der Waals surface area (Å²) >= 11 is 0. The molecule has 2 aromatic carbocycles. The molecule has 1 aliphatic rings. The van der Waals surface area contributed by atoms with Gasteiger partial charge in [-0.2, -0.15) is 18.2 Å². The summed E-state index contributed by atoms with van der Waals surface area (Å²) < 4.78 is 41.2. The highest BCUT2D eigenvalue weighted by molar-refractivity contribution is 5.99. The number of benzene rings is 2. The van der Waals surface area contributed by atoms with Crippen LogP contribution in [0.2, 0.25) is 0 Å². The fraction of sp³-hybridized carbons (Fsp3) is 0.222. The number of anilines is 6. The van der Waals surface area contributed by atoms with Crippen LogP contribution >= 0.6 is 0 Å². The van der Waals surface area contributed by atoms with Gasteiger partial charge in [-0.25, -0.2) is 4.98 Å². The van der Waals surface area contributed by atoms with Gasteiger partial charge in [0.2, 0.25) is 17.8 Å². The lowest BCUT2D eigenvalue weighted by Crippen LogP contribution is -2.48. The van der Waals surface area contributed by atoms with Gasteiger partial charge in [0.15, 0.2) is 6.29 Å². The molecule has 0 saturated carbocycles. The smallest absolute Gasteiger partial charge is 0.368 e. The molecule has 1 fully saturated rings. The molecule has 1 aliphatic heterocycles. The molecule has 0 aliphatic carbocycles. The van der Waals surface area contributed by atoms with Crippen LogP contribution in [0, 0.1) is 0 Å². The topological polar surface area (TPSA) is 120 Å². The van der Waals surface area contributed by atoms with Gasteiger partial charge in [0, 0.05) is 61.9 Å². The highest BCUT2D eigenvalue weighted by atomic mass is 19.4. The van der Waals surface area contributed by atoms with E-state index < -0.39 is 23.5 Å². The zero-order chi connectivity index (χ0) is 28.9. The first kappa shape index (κ1) is 28.1. The summed E-state index contributed by atoms with van der Waals surface area (Å²) in [6.45, 7) is 7.20. The first-order valence-electron chi connectivity index (χ1n) is 12.2. The maximum atomic E-state index is 13.7. The van der Waals surface area contributed by atoms with Crippen molar-refractivity contribution in [2.75, 3.05) is 47.0 Å². The number of aromatic nitrogens is 2. The molecular weight excluding hydrogens is 527 g/mol. The number of hydrogen-bond donors (Lipinski definition) is 3. The van der Waals surface area contributed by atoms with Crippen molar-refractivity contribution in [1.82, 2.24) is 14.9 Å². The van der Waals surface area contributed by atoms with E-state index in [1.807, 2.05) is 4.90 Å². The number of rotatable bonds is 8. The van der Waals surface area contributed by atoms with Crippen molar-refractivity contribution in [3.05, 3.63) is 72.4 Å². The lowest BCUT2D eigenvalue weighted by molar-refractivity contribution is -0.137. The Bertz CT molecular complexity index is 1440. The van der Waals surface area contributed by atoms with Crippen LogP contribution in [0.5, 0.6) is 0 Å². The van der Waals surface area contributed by atoms with Gasteiger partial charge >= 0.3 is 6.18 Å². The predicted octanol–water partition coefficient (Wildman–Crippen LogP) is 4.59. The Morgan fingerprint density at radius 3 is 2.40 bits per heavy atom. The molecule has 4 rings (SSSR count). The molecule has 0 spiro atoms. The van der Waals surface area contributed by atoms with Crippen LogP contribution in [0.3, 0.4) is 0 Å². The molecule has 0 unspecified atom stereocenters. The van der Waals surface area contributed by atoms with Gasteiger partial charge in [-0.3, -0.25) is 14.4 Å². The summed E-state index contributed by atoms with van der Waals surface area (Å²) in [6.07, 6.45) is -2.41. The van der Waals surface area contributed by atoms with Crippen molar-refractivity contribution in [2.45, 2.75) is 13.1 Å². The fourth-order valence-electron chi connectivity index (χ4n) is 4.11. The normalized spacial score (nSPS) is 13.4. The van der Waals surface area contributed by atoms with Gasteiger partial charge in [-0.05, 0) is 42.5 Å². The second-order valence-electron chi connectivity index (χ2n) is 8.86. The van der Waals surface area contributed by atoms with Gasteiger partial charge in [0.05, 0.1) is 5.69 Å².